The highest BCUT2D eigenvalue weighted by atomic mass is 19.4. The van der Waals surface area contributed by atoms with Crippen molar-refractivity contribution >= 4 is 5.78 Å². The average molecular weight is 256 g/mol. The number of hydrogen-bond acceptors (Lipinski definition) is 5. The molecule has 1 rings (SSSR count). The third kappa shape index (κ3) is 2.43. The Balaban J connectivity index is 3.12. The Morgan fingerprint density at radius 1 is 1.44 bits per heavy atom. The van der Waals surface area contributed by atoms with E-state index in [1.54, 1.807) is 19.1 Å². The zero-order valence-corrected chi connectivity index (χ0v) is 9.17. The first kappa shape index (κ1) is 13.6. The van der Waals surface area contributed by atoms with Crippen LogP contribution < -0.4 is 5.32 Å². The lowest BCUT2D eigenvalue weighted by molar-refractivity contribution is -0.165. The Labute approximate surface area is 100 Å². The van der Waals surface area contributed by atoms with Crippen LogP contribution in [0.15, 0.2) is 23.3 Å². The normalized spacial score (nSPS) is 17.4. The molecule has 0 aliphatic carbocycles. The van der Waals surface area contributed by atoms with Crippen LogP contribution >= 0.6 is 0 Å². The SMILES string of the molecule is CCN1C(C#N)=C(C#N)N/C1=C\C(=O)C(F)(F)F. The minimum absolute atomic E-state index is 0.110. The third-order valence-electron chi connectivity index (χ3n) is 2.13. The quantitative estimate of drug-likeness (QED) is 0.749. The number of nitrogens with zero attached hydrogens (tertiary/aromatic N) is 3. The molecule has 0 aromatic heterocycles. The lowest BCUT2D eigenvalue weighted by atomic mass is 10.3. The molecule has 0 fully saturated rings. The van der Waals surface area contributed by atoms with Crippen LogP contribution in [0.25, 0.3) is 0 Å². The van der Waals surface area contributed by atoms with Gasteiger partial charge in [0.2, 0.25) is 0 Å². The molecule has 0 amide bonds. The van der Waals surface area contributed by atoms with E-state index in [2.05, 4.69) is 5.32 Å². The molecule has 1 heterocycles. The summed E-state index contributed by atoms with van der Waals surface area (Å²) in [7, 11) is 0. The van der Waals surface area contributed by atoms with Crippen molar-refractivity contribution in [3.05, 3.63) is 23.3 Å². The molecular formula is C10H7F3N4O. The van der Waals surface area contributed by atoms with Gasteiger partial charge in [-0.1, -0.05) is 0 Å². The molecular weight excluding hydrogens is 249 g/mol. The van der Waals surface area contributed by atoms with Gasteiger partial charge in [0.1, 0.15) is 18.0 Å². The summed E-state index contributed by atoms with van der Waals surface area (Å²) in [6, 6.07) is 3.34. The summed E-state index contributed by atoms with van der Waals surface area (Å²) < 4.78 is 36.3. The summed E-state index contributed by atoms with van der Waals surface area (Å²) in [5.41, 5.74) is -0.290. The number of ketones is 1. The number of alkyl halides is 3. The highest BCUT2D eigenvalue weighted by Crippen LogP contribution is 2.24. The van der Waals surface area contributed by atoms with E-state index in [0.29, 0.717) is 6.08 Å². The van der Waals surface area contributed by atoms with Gasteiger partial charge in [-0.3, -0.25) is 4.79 Å². The van der Waals surface area contributed by atoms with Crippen LogP contribution in [0.4, 0.5) is 13.2 Å². The van der Waals surface area contributed by atoms with E-state index in [1.165, 1.54) is 0 Å². The van der Waals surface area contributed by atoms with Crippen LogP contribution in [0.5, 0.6) is 0 Å². The Hall–Kier alpha value is -2.48. The Kier molecular flexibility index (Phi) is 3.62. The fourth-order valence-electron chi connectivity index (χ4n) is 1.36. The first-order valence-corrected chi connectivity index (χ1v) is 4.77. The third-order valence-corrected chi connectivity index (χ3v) is 2.13. The standard InChI is InChI=1S/C10H7F3N4O/c1-2-17-7(5-15)6(4-14)16-9(17)3-8(18)10(11,12)13/h3,16H,2H2,1H3/b9-3+. The predicted molar refractivity (Wildman–Crippen MR) is 52.9 cm³/mol. The number of nitriles is 2. The van der Waals surface area contributed by atoms with Crippen molar-refractivity contribution < 1.29 is 18.0 Å². The maximum Gasteiger partial charge on any atom is 0.454 e. The van der Waals surface area contributed by atoms with Crippen LogP contribution in [0.3, 0.4) is 0 Å². The fourth-order valence-corrected chi connectivity index (χ4v) is 1.36. The maximum absolute atomic E-state index is 12.1. The summed E-state index contributed by atoms with van der Waals surface area (Å²) >= 11 is 0. The van der Waals surface area contributed by atoms with Crippen molar-refractivity contribution in [3.63, 3.8) is 0 Å². The Morgan fingerprint density at radius 2 is 2.06 bits per heavy atom. The second kappa shape index (κ2) is 4.80. The number of hydrogen-bond donors (Lipinski definition) is 1. The van der Waals surface area contributed by atoms with Gasteiger partial charge in [-0.05, 0) is 6.92 Å². The average Bonchev–Trinajstić information content (AvgIpc) is 2.64. The van der Waals surface area contributed by atoms with Crippen molar-refractivity contribution in [3.8, 4) is 12.1 Å². The van der Waals surface area contributed by atoms with Gasteiger partial charge in [0.05, 0.1) is 0 Å². The second-order valence-corrected chi connectivity index (χ2v) is 3.21. The van der Waals surface area contributed by atoms with Crippen molar-refractivity contribution in [2.75, 3.05) is 6.54 Å². The van der Waals surface area contributed by atoms with E-state index >= 15 is 0 Å². The molecule has 1 aliphatic rings. The number of nitrogens with one attached hydrogen (secondary N) is 1. The van der Waals surface area contributed by atoms with E-state index in [0.717, 1.165) is 4.90 Å². The van der Waals surface area contributed by atoms with Gasteiger partial charge in [-0.2, -0.15) is 23.7 Å². The number of rotatable bonds is 2. The van der Waals surface area contributed by atoms with Gasteiger partial charge in [-0.15, -0.1) is 0 Å². The van der Waals surface area contributed by atoms with E-state index in [9.17, 15) is 18.0 Å². The van der Waals surface area contributed by atoms with Crippen molar-refractivity contribution in [2.45, 2.75) is 13.1 Å². The minimum Gasteiger partial charge on any atom is -0.330 e. The van der Waals surface area contributed by atoms with E-state index in [-0.39, 0.29) is 23.8 Å². The lowest BCUT2D eigenvalue weighted by Crippen LogP contribution is -2.26. The summed E-state index contributed by atoms with van der Waals surface area (Å²) in [4.78, 5) is 11.9. The highest BCUT2D eigenvalue weighted by Gasteiger charge is 2.38. The van der Waals surface area contributed by atoms with Gasteiger partial charge in [-0.25, -0.2) is 0 Å². The smallest absolute Gasteiger partial charge is 0.330 e. The molecule has 0 aromatic rings. The molecule has 5 nitrogen and oxygen atoms in total. The molecule has 0 bridgehead atoms. The molecule has 1 N–H and O–H groups in total. The topological polar surface area (TPSA) is 79.9 Å². The predicted octanol–water partition coefficient (Wildman–Crippen LogP) is 1.14. The van der Waals surface area contributed by atoms with Crippen LogP contribution in [-0.2, 0) is 4.79 Å². The molecule has 0 atom stereocenters. The van der Waals surface area contributed by atoms with Crippen LogP contribution in [0.1, 0.15) is 6.92 Å². The van der Waals surface area contributed by atoms with Crippen molar-refractivity contribution in [1.29, 1.82) is 10.5 Å². The minimum atomic E-state index is -4.99. The zero-order valence-electron chi connectivity index (χ0n) is 9.17. The van der Waals surface area contributed by atoms with Gasteiger partial charge >= 0.3 is 6.18 Å². The monoisotopic (exact) mass is 256 g/mol. The largest absolute Gasteiger partial charge is 0.454 e. The zero-order chi connectivity index (χ0) is 13.9. The second-order valence-electron chi connectivity index (χ2n) is 3.21. The van der Waals surface area contributed by atoms with Crippen LogP contribution in [0.2, 0.25) is 0 Å². The summed E-state index contributed by atoms with van der Waals surface area (Å²) in [6.07, 6.45) is -4.67. The highest BCUT2D eigenvalue weighted by molar-refractivity contribution is 5.95. The molecule has 0 aromatic carbocycles. The van der Waals surface area contributed by atoms with Gasteiger partial charge in [0.15, 0.2) is 11.4 Å². The number of carbonyl (C=O) groups is 1. The van der Waals surface area contributed by atoms with Crippen LogP contribution in [-0.4, -0.2) is 23.4 Å². The maximum atomic E-state index is 12.1. The van der Waals surface area contributed by atoms with Crippen LogP contribution in [0, 0.1) is 22.7 Å². The van der Waals surface area contributed by atoms with E-state index in [1.807, 2.05) is 0 Å². The first-order valence-electron chi connectivity index (χ1n) is 4.77. The number of halogens is 3. The lowest BCUT2D eigenvalue weighted by Gasteiger charge is -2.16. The number of carbonyl (C=O) groups excluding carboxylic acids is 1. The van der Waals surface area contributed by atoms with Crippen molar-refractivity contribution in [1.82, 2.24) is 10.2 Å². The van der Waals surface area contributed by atoms with E-state index < -0.39 is 12.0 Å². The van der Waals surface area contributed by atoms with Gasteiger partial charge < -0.3 is 10.2 Å². The van der Waals surface area contributed by atoms with Gasteiger partial charge in [0.25, 0.3) is 5.78 Å². The fraction of sp³-hybridized carbons (Fsp3) is 0.300. The summed E-state index contributed by atoms with van der Waals surface area (Å²) in [6.45, 7) is 1.73. The molecule has 0 spiro atoms. The summed E-state index contributed by atoms with van der Waals surface area (Å²) in [5.74, 6) is -2.28. The molecule has 94 valence electrons. The molecule has 1 aliphatic heterocycles. The van der Waals surface area contributed by atoms with E-state index in [4.69, 9.17) is 10.5 Å². The Bertz CT molecular complexity index is 519. The van der Waals surface area contributed by atoms with Gasteiger partial charge in [0, 0.05) is 12.6 Å². The molecule has 18 heavy (non-hydrogen) atoms. The molecule has 8 heteroatoms. The molecule has 0 radical (unpaired) electrons. The first-order chi connectivity index (χ1) is 8.35. The molecule has 0 saturated carbocycles. The number of allylic oxidation sites excluding steroid dienone is 3. The summed E-state index contributed by atoms with van der Waals surface area (Å²) in [5, 5.41) is 19.8. The van der Waals surface area contributed by atoms with Crippen molar-refractivity contribution in [2.24, 2.45) is 0 Å². The molecule has 0 saturated heterocycles. The molecule has 0 unspecified atom stereocenters. The Morgan fingerprint density at radius 3 is 2.44 bits per heavy atom.